The fourth-order valence-electron chi connectivity index (χ4n) is 0.953. The molecule has 1 atom stereocenters. The van der Waals surface area contributed by atoms with Crippen LogP contribution in [0.2, 0.25) is 0 Å². The van der Waals surface area contributed by atoms with Crippen molar-refractivity contribution in [3.8, 4) is 0 Å². The first-order valence-corrected chi connectivity index (χ1v) is 6.28. The fourth-order valence-corrected chi connectivity index (χ4v) is 0.953. The molecule has 12 heavy (non-hydrogen) atoms. The van der Waals surface area contributed by atoms with Crippen LogP contribution in [-0.4, -0.2) is 11.1 Å². The average Bonchev–Trinajstić information content (AvgIpc) is 2.09. The van der Waals surface area contributed by atoms with Crippen molar-refractivity contribution in [2.24, 2.45) is 5.92 Å². The third-order valence-electron chi connectivity index (χ3n) is 1.75. The van der Waals surface area contributed by atoms with E-state index >= 15 is 0 Å². The van der Waals surface area contributed by atoms with E-state index in [2.05, 4.69) is 16.2 Å². The molecule has 0 spiro atoms. The van der Waals surface area contributed by atoms with Gasteiger partial charge >= 0.3 is 34.6 Å². The van der Waals surface area contributed by atoms with Crippen LogP contribution in [0.3, 0.4) is 0 Å². The fraction of sp³-hybridized carbons (Fsp3) is 0.875. The molecule has 0 fully saturated rings. The van der Waals surface area contributed by atoms with Crippen molar-refractivity contribution >= 4 is 15.3 Å². The number of rotatable bonds is 5. The van der Waals surface area contributed by atoms with E-state index in [1.165, 1.54) is 19.4 Å². The number of unbranched alkanes of at least 4 members (excludes halogenated alkanes) is 1. The Kier molecular flexibility index (Phi) is 14.3. The van der Waals surface area contributed by atoms with Gasteiger partial charge in [0.05, 0.1) is 5.92 Å². The summed E-state index contributed by atoms with van der Waals surface area (Å²) in [7, 11) is 4.64. The van der Waals surface area contributed by atoms with Crippen LogP contribution in [0.25, 0.3) is 0 Å². The van der Waals surface area contributed by atoms with Crippen LogP contribution < -0.4 is 0 Å². The summed E-state index contributed by atoms with van der Waals surface area (Å²) in [6.45, 7) is 4.00. The van der Waals surface area contributed by atoms with Crippen LogP contribution >= 0.6 is 9.30 Å². The molecule has 1 unspecified atom stereocenters. The van der Waals surface area contributed by atoms with Gasteiger partial charge in [-0.05, 0) is 12.8 Å². The number of hydrogen-bond acceptors (Lipinski definition) is 1. The Morgan fingerprint density at radius 1 is 1.50 bits per heavy atom. The summed E-state index contributed by atoms with van der Waals surface area (Å²) in [6.07, 6.45) is 3.71. The van der Waals surface area contributed by atoms with Gasteiger partial charge in [0.1, 0.15) is 0 Å². The van der Waals surface area contributed by atoms with Gasteiger partial charge in [0, 0.05) is 0 Å². The van der Waals surface area contributed by atoms with Gasteiger partial charge in [0.25, 0.3) is 0 Å². The molecule has 1 N–H and O–H groups in total. The van der Waals surface area contributed by atoms with E-state index in [-0.39, 0.29) is 5.92 Å². The van der Waals surface area contributed by atoms with Crippen LogP contribution in [0.5, 0.6) is 0 Å². The predicted octanol–water partition coefficient (Wildman–Crippen LogP) is 2.97. The minimum absolute atomic E-state index is 0.111. The zero-order valence-corrected chi connectivity index (χ0v) is 9.96. The zero-order chi connectivity index (χ0) is 9.98. The monoisotopic (exact) mass is 227 g/mol. The average molecular weight is 228 g/mol. The summed E-state index contributed by atoms with van der Waals surface area (Å²) in [4.78, 5) is 10.4. The van der Waals surface area contributed by atoms with E-state index in [0.717, 1.165) is 25.7 Å². The molecule has 0 rings (SSSR count). The molecule has 2 nitrogen and oxygen atoms in total. The first-order chi connectivity index (χ1) is 5.72. The number of hydrogen-bond donors (Lipinski definition) is 1. The molecule has 0 aliphatic rings. The van der Waals surface area contributed by atoms with E-state index in [0.29, 0.717) is 0 Å². The van der Waals surface area contributed by atoms with E-state index in [9.17, 15) is 4.79 Å². The Morgan fingerprint density at radius 2 is 2.00 bits per heavy atom. The summed E-state index contributed by atoms with van der Waals surface area (Å²) < 4.78 is 0. The molecule has 0 amide bonds. The predicted molar refractivity (Wildman–Crippen MR) is 46.8 cm³/mol. The summed E-state index contributed by atoms with van der Waals surface area (Å²) in [5.74, 6) is -0.754. The van der Waals surface area contributed by atoms with Crippen molar-refractivity contribution in [1.29, 1.82) is 0 Å². The van der Waals surface area contributed by atoms with Crippen molar-refractivity contribution in [2.45, 2.75) is 39.5 Å². The van der Waals surface area contributed by atoms with Crippen LogP contribution in [0.4, 0.5) is 0 Å². The molecule has 0 aromatic carbocycles. The van der Waals surface area contributed by atoms with Crippen molar-refractivity contribution < 1.29 is 29.3 Å². The second kappa shape index (κ2) is 11.5. The van der Waals surface area contributed by atoms with Crippen LogP contribution in [0.15, 0.2) is 0 Å². The molecular weight excluding hydrogens is 211 g/mol. The van der Waals surface area contributed by atoms with Crippen LogP contribution in [0.1, 0.15) is 39.5 Å². The summed E-state index contributed by atoms with van der Waals surface area (Å²) >= 11 is 1.47. The van der Waals surface area contributed by atoms with Crippen molar-refractivity contribution in [2.75, 3.05) is 0 Å². The molecule has 0 saturated carbocycles. The molecular formula is C8H16ClO2Ti. The van der Waals surface area contributed by atoms with E-state index in [1.807, 2.05) is 6.92 Å². The number of halogens is 1. The third-order valence-corrected chi connectivity index (χ3v) is 1.75. The van der Waals surface area contributed by atoms with E-state index < -0.39 is 5.97 Å². The summed E-state index contributed by atoms with van der Waals surface area (Å²) in [6, 6.07) is 0. The maximum atomic E-state index is 10.4. The molecule has 0 aromatic heterocycles. The van der Waals surface area contributed by atoms with E-state index in [4.69, 9.17) is 5.11 Å². The topological polar surface area (TPSA) is 37.3 Å². The quantitative estimate of drug-likeness (QED) is 0.733. The van der Waals surface area contributed by atoms with Gasteiger partial charge in [-0.3, -0.25) is 4.79 Å². The van der Waals surface area contributed by atoms with Crippen molar-refractivity contribution in [3.63, 3.8) is 0 Å². The number of carboxylic acids is 1. The Hall–Kier alpha value is 0.474. The Balaban J connectivity index is 0. The molecule has 0 heterocycles. The normalized spacial score (nSPS) is 11.2. The van der Waals surface area contributed by atoms with Gasteiger partial charge < -0.3 is 5.11 Å². The molecule has 0 aliphatic carbocycles. The van der Waals surface area contributed by atoms with Gasteiger partial charge in [-0.1, -0.05) is 26.7 Å². The standard InChI is InChI=1S/C8H16O2.ClH.Ti/c1-3-5-6-7(4-2)8(9)10;;/h7H,3-6H2,1-2H3,(H,9,10);1H;/q;;+1/p-1. The molecule has 0 aromatic rings. The van der Waals surface area contributed by atoms with Crippen molar-refractivity contribution in [1.82, 2.24) is 0 Å². The maximum absolute atomic E-state index is 10.4. The summed E-state index contributed by atoms with van der Waals surface area (Å²) in [5, 5.41) is 8.60. The third kappa shape index (κ3) is 8.57. The second-order valence-corrected chi connectivity index (χ2v) is 2.59. The first kappa shape index (κ1) is 15.0. The minimum atomic E-state index is -0.643. The van der Waals surface area contributed by atoms with Gasteiger partial charge in [-0.25, -0.2) is 0 Å². The van der Waals surface area contributed by atoms with Gasteiger partial charge in [0.15, 0.2) is 0 Å². The molecule has 4 heteroatoms. The number of aliphatic carboxylic acids is 1. The Labute approximate surface area is 90.0 Å². The summed E-state index contributed by atoms with van der Waals surface area (Å²) in [5.41, 5.74) is 0. The Bertz CT molecular complexity index is 109. The second-order valence-electron chi connectivity index (χ2n) is 2.59. The number of carboxylic acid groups (broad SMARTS) is 1. The van der Waals surface area contributed by atoms with Crippen molar-refractivity contribution in [3.05, 3.63) is 0 Å². The molecule has 0 bridgehead atoms. The van der Waals surface area contributed by atoms with Gasteiger partial charge in [0.2, 0.25) is 0 Å². The molecule has 0 aliphatic heterocycles. The number of carbonyl (C=O) groups is 1. The first-order valence-electron chi connectivity index (χ1n) is 4.14. The van der Waals surface area contributed by atoms with Crippen LogP contribution in [0, 0.1) is 5.92 Å². The van der Waals surface area contributed by atoms with E-state index in [1.54, 1.807) is 0 Å². The molecule has 0 saturated heterocycles. The SMILES string of the molecule is CCCCC(CC)C(=O)O.[Cl][Ti]. The van der Waals surface area contributed by atoms with Gasteiger partial charge in [-0.2, -0.15) is 0 Å². The molecule has 0 radical (unpaired) electrons. The van der Waals surface area contributed by atoms with Crippen LogP contribution in [-0.2, 0) is 24.2 Å². The Morgan fingerprint density at radius 3 is 2.25 bits per heavy atom. The zero-order valence-electron chi connectivity index (χ0n) is 7.64. The van der Waals surface area contributed by atoms with Gasteiger partial charge in [-0.15, -0.1) is 0 Å². The molecule has 71 valence electrons.